The highest BCUT2D eigenvalue weighted by atomic mass is 35.7. The molecule has 0 amide bonds. The summed E-state index contributed by atoms with van der Waals surface area (Å²) >= 11 is 0. The first-order chi connectivity index (χ1) is 7.77. The van der Waals surface area contributed by atoms with Crippen LogP contribution in [0.4, 0.5) is 0 Å². The minimum atomic E-state index is -1.83. The van der Waals surface area contributed by atoms with Crippen molar-refractivity contribution < 1.29 is 8.39 Å². The molecule has 1 unspecified atom stereocenters. The Balaban J connectivity index is 2.44. The Bertz CT molecular complexity index is 499. The van der Waals surface area contributed by atoms with E-state index in [1.807, 2.05) is 48.5 Å². The quantitative estimate of drug-likeness (QED) is 0.781. The molecule has 0 saturated carbocycles. The van der Waals surface area contributed by atoms with E-state index in [-0.39, 0.29) is 0 Å². The molecule has 0 radical (unpaired) electrons. The average Bonchev–Trinajstić information content (AvgIpc) is 2.30. The summed E-state index contributed by atoms with van der Waals surface area (Å²) in [6.07, 6.45) is 0. The Kier molecular flexibility index (Phi) is 3.59. The van der Waals surface area contributed by atoms with Gasteiger partial charge in [-0.2, -0.15) is 4.21 Å². The molecule has 0 bridgehead atoms. The number of para-hydroxylation sites is 1. The molecule has 2 nitrogen and oxygen atoms in total. The summed E-state index contributed by atoms with van der Waals surface area (Å²) in [6.45, 7) is 0. The predicted octanol–water partition coefficient (Wildman–Crippen LogP) is 3.55. The molecule has 16 heavy (non-hydrogen) atoms. The molecule has 0 spiro atoms. The molecular weight excluding hydrogens is 244 g/mol. The molecule has 0 fully saturated rings. The van der Waals surface area contributed by atoms with Gasteiger partial charge in [-0.25, -0.2) is 0 Å². The van der Waals surface area contributed by atoms with E-state index >= 15 is 0 Å². The molecule has 0 aliphatic rings. The second-order valence-corrected chi connectivity index (χ2v) is 4.45. The van der Waals surface area contributed by atoms with Gasteiger partial charge in [0.2, 0.25) is 0 Å². The van der Waals surface area contributed by atoms with Gasteiger partial charge in [-0.3, -0.25) is 0 Å². The lowest BCUT2D eigenvalue weighted by Gasteiger charge is -2.07. The SMILES string of the molecule is O=S(Cl)Oc1ccccc1-c1ccccc1. The van der Waals surface area contributed by atoms with Crippen molar-refractivity contribution in [2.24, 2.45) is 0 Å². The van der Waals surface area contributed by atoms with Crippen molar-refractivity contribution in [1.29, 1.82) is 0 Å². The van der Waals surface area contributed by atoms with Gasteiger partial charge >= 0.3 is 10.3 Å². The van der Waals surface area contributed by atoms with Gasteiger partial charge in [0.1, 0.15) is 5.75 Å². The highest BCUT2D eigenvalue weighted by molar-refractivity contribution is 8.04. The van der Waals surface area contributed by atoms with E-state index in [0.29, 0.717) is 5.75 Å². The lowest BCUT2D eigenvalue weighted by molar-refractivity contribution is 0.577. The summed E-state index contributed by atoms with van der Waals surface area (Å²) in [5, 5.41) is 0. The minimum absolute atomic E-state index is 0.516. The van der Waals surface area contributed by atoms with Crippen LogP contribution in [0.5, 0.6) is 5.75 Å². The molecule has 2 aromatic carbocycles. The first-order valence-corrected chi connectivity index (χ1v) is 6.58. The van der Waals surface area contributed by atoms with Crippen molar-refractivity contribution in [2.75, 3.05) is 0 Å². The third-order valence-corrected chi connectivity index (χ3v) is 2.63. The molecule has 82 valence electrons. The van der Waals surface area contributed by atoms with Crippen LogP contribution in [0, 0.1) is 0 Å². The van der Waals surface area contributed by atoms with Crippen molar-refractivity contribution in [3.05, 3.63) is 54.6 Å². The van der Waals surface area contributed by atoms with Gasteiger partial charge in [0.25, 0.3) is 0 Å². The summed E-state index contributed by atoms with van der Waals surface area (Å²) < 4.78 is 15.9. The number of halogens is 1. The van der Waals surface area contributed by atoms with Gasteiger partial charge in [0.05, 0.1) is 0 Å². The predicted molar refractivity (Wildman–Crippen MR) is 66.5 cm³/mol. The lowest BCUT2D eigenvalue weighted by atomic mass is 10.1. The second-order valence-electron chi connectivity index (χ2n) is 3.14. The normalized spacial score (nSPS) is 12.1. The van der Waals surface area contributed by atoms with Crippen molar-refractivity contribution >= 4 is 21.0 Å². The smallest absolute Gasteiger partial charge is 0.308 e. The van der Waals surface area contributed by atoms with Crippen LogP contribution in [0.15, 0.2) is 54.6 Å². The molecule has 1 atom stereocenters. The van der Waals surface area contributed by atoms with Crippen molar-refractivity contribution in [3.63, 3.8) is 0 Å². The fraction of sp³-hybridized carbons (Fsp3) is 0. The van der Waals surface area contributed by atoms with Gasteiger partial charge in [0, 0.05) is 16.2 Å². The van der Waals surface area contributed by atoms with Crippen LogP contribution in [-0.4, -0.2) is 4.21 Å². The first kappa shape index (κ1) is 11.2. The molecule has 4 heteroatoms. The van der Waals surface area contributed by atoms with Crippen LogP contribution in [-0.2, 0) is 10.3 Å². The molecular formula is C12H9ClO2S. The molecule has 0 saturated heterocycles. The number of rotatable bonds is 3. The third kappa shape index (κ3) is 2.62. The highest BCUT2D eigenvalue weighted by Gasteiger charge is 2.07. The zero-order valence-electron chi connectivity index (χ0n) is 8.30. The van der Waals surface area contributed by atoms with E-state index in [9.17, 15) is 4.21 Å². The van der Waals surface area contributed by atoms with Gasteiger partial charge in [-0.05, 0) is 11.6 Å². The highest BCUT2D eigenvalue weighted by Crippen LogP contribution is 2.30. The Morgan fingerprint density at radius 1 is 0.938 bits per heavy atom. The van der Waals surface area contributed by atoms with E-state index in [2.05, 4.69) is 0 Å². The monoisotopic (exact) mass is 252 g/mol. The summed E-state index contributed by atoms with van der Waals surface area (Å²) in [5.41, 5.74) is 1.87. The second kappa shape index (κ2) is 5.14. The van der Waals surface area contributed by atoms with Gasteiger partial charge in [-0.1, -0.05) is 48.5 Å². The van der Waals surface area contributed by atoms with E-state index < -0.39 is 10.3 Å². The minimum Gasteiger partial charge on any atom is -0.388 e. The van der Waals surface area contributed by atoms with Crippen LogP contribution in [0.25, 0.3) is 11.1 Å². The Morgan fingerprint density at radius 2 is 1.56 bits per heavy atom. The lowest BCUT2D eigenvalue weighted by Crippen LogP contribution is -1.93. The first-order valence-electron chi connectivity index (χ1n) is 4.68. The van der Waals surface area contributed by atoms with Crippen LogP contribution in [0.1, 0.15) is 0 Å². The summed E-state index contributed by atoms with van der Waals surface area (Å²) in [6, 6.07) is 17.1. The number of benzene rings is 2. The Hall–Kier alpha value is -1.32. The van der Waals surface area contributed by atoms with Gasteiger partial charge in [0.15, 0.2) is 0 Å². The van der Waals surface area contributed by atoms with Crippen molar-refractivity contribution in [3.8, 4) is 16.9 Å². The maximum Gasteiger partial charge on any atom is 0.308 e. The molecule has 0 heterocycles. The molecule has 0 N–H and O–H groups in total. The fourth-order valence-corrected chi connectivity index (χ4v) is 1.96. The maximum absolute atomic E-state index is 10.9. The summed E-state index contributed by atoms with van der Waals surface area (Å²) in [7, 11) is 3.49. The number of hydrogen-bond donors (Lipinski definition) is 0. The molecule has 0 aliphatic carbocycles. The van der Waals surface area contributed by atoms with Crippen LogP contribution in [0.3, 0.4) is 0 Å². The van der Waals surface area contributed by atoms with Crippen LogP contribution in [0.2, 0.25) is 0 Å². The number of hydrogen-bond acceptors (Lipinski definition) is 2. The standard InChI is InChI=1S/C12H9ClO2S/c13-16(14)15-12-9-5-4-8-11(12)10-6-2-1-3-7-10/h1-9H. The largest absolute Gasteiger partial charge is 0.388 e. The molecule has 2 aromatic rings. The van der Waals surface area contributed by atoms with E-state index in [4.69, 9.17) is 14.9 Å². The van der Waals surface area contributed by atoms with Crippen molar-refractivity contribution in [1.82, 2.24) is 0 Å². The average molecular weight is 253 g/mol. The summed E-state index contributed by atoms with van der Waals surface area (Å²) in [4.78, 5) is 0. The van der Waals surface area contributed by atoms with Crippen molar-refractivity contribution in [2.45, 2.75) is 0 Å². The van der Waals surface area contributed by atoms with Gasteiger partial charge < -0.3 is 4.18 Å². The third-order valence-electron chi connectivity index (χ3n) is 2.13. The Labute approximate surface area is 101 Å². The Morgan fingerprint density at radius 3 is 2.25 bits per heavy atom. The van der Waals surface area contributed by atoms with Gasteiger partial charge in [-0.15, -0.1) is 0 Å². The van der Waals surface area contributed by atoms with E-state index in [1.54, 1.807) is 6.07 Å². The molecule has 0 aliphatic heterocycles. The van der Waals surface area contributed by atoms with Crippen LogP contribution < -0.4 is 4.18 Å². The van der Waals surface area contributed by atoms with Crippen LogP contribution >= 0.6 is 10.7 Å². The molecule has 2 rings (SSSR count). The molecule has 0 aromatic heterocycles. The zero-order valence-corrected chi connectivity index (χ0v) is 9.87. The maximum atomic E-state index is 10.9. The van der Waals surface area contributed by atoms with E-state index in [0.717, 1.165) is 11.1 Å². The summed E-state index contributed by atoms with van der Waals surface area (Å²) in [5.74, 6) is 0.516. The van der Waals surface area contributed by atoms with E-state index in [1.165, 1.54) is 0 Å². The fourth-order valence-electron chi connectivity index (χ4n) is 1.47. The zero-order chi connectivity index (χ0) is 11.4. The topological polar surface area (TPSA) is 26.3 Å².